The van der Waals surface area contributed by atoms with Crippen LogP contribution in [0.3, 0.4) is 0 Å². The van der Waals surface area contributed by atoms with Gasteiger partial charge in [-0.2, -0.15) is 0 Å². The van der Waals surface area contributed by atoms with Gasteiger partial charge in [0.05, 0.1) is 5.66 Å². The number of hydrogen-bond acceptors (Lipinski definition) is 3. The maximum Gasteiger partial charge on any atom is 0.303 e. The lowest BCUT2D eigenvalue weighted by atomic mass is 9.80. The van der Waals surface area contributed by atoms with Gasteiger partial charge in [-0.05, 0) is 30.7 Å². The summed E-state index contributed by atoms with van der Waals surface area (Å²) >= 11 is 0. The standard InChI is InChI=1S/C19H32N2O2/c1-2-3-4-5-7-11-17(14-10-15-18(22)23)19(20,21)16-12-8-6-9-13-16/h6,8-9,12-13,17H,2-5,7,10-11,14-15,20-21H2,1H3,(H,22,23). The number of carbonyl (C=O) groups is 1. The lowest BCUT2D eigenvalue weighted by Crippen LogP contribution is -2.52. The Bertz CT molecular complexity index is 446. The van der Waals surface area contributed by atoms with Crippen molar-refractivity contribution in [3.63, 3.8) is 0 Å². The van der Waals surface area contributed by atoms with Gasteiger partial charge in [-0.15, -0.1) is 0 Å². The first-order valence-electron chi connectivity index (χ1n) is 8.83. The second-order valence-electron chi connectivity index (χ2n) is 6.48. The minimum absolute atomic E-state index is 0.103. The quantitative estimate of drug-likeness (QED) is 0.401. The Labute approximate surface area is 140 Å². The summed E-state index contributed by atoms with van der Waals surface area (Å²) in [7, 11) is 0. The van der Waals surface area contributed by atoms with E-state index < -0.39 is 11.6 Å². The molecule has 0 radical (unpaired) electrons. The van der Waals surface area contributed by atoms with Crippen LogP contribution in [0, 0.1) is 5.92 Å². The number of benzene rings is 1. The van der Waals surface area contributed by atoms with Gasteiger partial charge in [0.2, 0.25) is 0 Å². The maximum absolute atomic E-state index is 10.8. The molecule has 0 aromatic heterocycles. The maximum atomic E-state index is 10.8. The molecule has 1 unspecified atom stereocenters. The number of carboxylic acids is 1. The average molecular weight is 320 g/mol. The molecule has 0 fully saturated rings. The van der Waals surface area contributed by atoms with Crippen LogP contribution in [0.1, 0.15) is 70.3 Å². The Morgan fingerprint density at radius 2 is 1.65 bits per heavy atom. The second-order valence-corrected chi connectivity index (χ2v) is 6.48. The number of carboxylic acid groups (broad SMARTS) is 1. The zero-order valence-electron chi connectivity index (χ0n) is 14.3. The Kier molecular flexibility index (Phi) is 8.89. The molecular formula is C19H32N2O2. The smallest absolute Gasteiger partial charge is 0.303 e. The van der Waals surface area contributed by atoms with Crippen molar-refractivity contribution in [1.29, 1.82) is 0 Å². The highest BCUT2D eigenvalue weighted by Gasteiger charge is 2.31. The van der Waals surface area contributed by atoms with Gasteiger partial charge >= 0.3 is 5.97 Å². The first-order chi connectivity index (χ1) is 11.0. The van der Waals surface area contributed by atoms with Gasteiger partial charge in [-0.25, -0.2) is 0 Å². The molecule has 0 saturated heterocycles. The fourth-order valence-corrected chi connectivity index (χ4v) is 3.08. The molecule has 1 aromatic carbocycles. The van der Waals surface area contributed by atoms with Gasteiger partial charge in [-0.3, -0.25) is 4.79 Å². The third kappa shape index (κ3) is 7.14. The van der Waals surface area contributed by atoms with Gasteiger partial charge in [0, 0.05) is 6.42 Å². The Hall–Kier alpha value is -1.39. The highest BCUT2D eigenvalue weighted by atomic mass is 16.4. The minimum atomic E-state index is -0.898. The lowest BCUT2D eigenvalue weighted by molar-refractivity contribution is -0.137. The van der Waals surface area contributed by atoms with Crippen LogP contribution in [0.2, 0.25) is 0 Å². The molecule has 0 spiro atoms. The topological polar surface area (TPSA) is 89.3 Å². The van der Waals surface area contributed by atoms with Gasteiger partial charge < -0.3 is 16.6 Å². The van der Waals surface area contributed by atoms with Crippen LogP contribution in [0.25, 0.3) is 0 Å². The van der Waals surface area contributed by atoms with E-state index in [0.717, 1.165) is 24.8 Å². The molecule has 5 N–H and O–H groups in total. The fraction of sp³-hybridized carbons (Fsp3) is 0.632. The summed E-state index contributed by atoms with van der Waals surface area (Å²) in [6.45, 7) is 2.20. The van der Waals surface area contributed by atoms with Crippen molar-refractivity contribution in [1.82, 2.24) is 0 Å². The lowest BCUT2D eigenvalue weighted by Gasteiger charge is -2.35. The van der Waals surface area contributed by atoms with Gasteiger partial charge in [0.15, 0.2) is 0 Å². The number of nitrogens with two attached hydrogens (primary N) is 2. The van der Waals surface area contributed by atoms with Gasteiger partial charge in [0.25, 0.3) is 0 Å². The molecule has 0 aliphatic carbocycles. The molecule has 4 nitrogen and oxygen atoms in total. The average Bonchev–Trinajstić information content (AvgIpc) is 2.53. The predicted octanol–water partition coefficient (Wildman–Crippen LogP) is 3.99. The van der Waals surface area contributed by atoms with Crippen molar-refractivity contribution in [2.24, 2.45) is 17.4 Å². The number of rotatable bonds is 12. The zero-order valence-corrected chi connectivity index (χ0v) is 14.3. The summed E-state index contributed by atoms with van der Waals surface area (Å²) in [5, 5.41) is 8.86. The van der Waals surface area contributed by atoms with Crippen molar-refractivity contribution in [2.45, 2.75) is 70.4 Å². The van der Waals surface area contributed by atoms with Crippen LogP contribution in [0.4, 0.5) is 0 Å². The monoisotopic (exact) mass is 320 g/mol. The van der Waals surface area contributed by atoms with Crippen molar-refractivity contribution < 1.29 is 9.90 Å². The first kappa shape index (κ1) is 19.7. The van der Waals surface area contributed by atoms with E-state index in [1.165, 1.54) is 25.7 Å². The van der Waals surface area contributed by atoms with E-state index in [-0.39, 0.29) is 12.3 Å². The Morgan fingerprint density at radius 1 is 1.04 bits per heavy atom. The van der Waals surface area contributed by atoms with E-state index >= 15 is 0 Å². The highest BCUT2D eigenvalue weighted by molar-refractivity contribution is 5.66. The van der Waals surface area contributed by atoms with Crippen LogP contribution in [0.5, 0.6) is 0 Å². The summed E-state index contributed by atoms with van der Waals surface area (Å²) in [5.74, 6) is -0.656. The molecule has 0 aliphatic heterocycles. The second kappa shape index (κ2) is 10.4. The fourth-order valence-electron chi connectivity index (χ4n) is 3.08. The molecule has 1 rings (SSSR count). The van der Waals surface area contributed by atoms with Crippen molar-refractivity contribution in [2.75, 3.05) is 0 Å². The molecule has 23 heavy (non-hydrogen) atoms. The summed E-state index contributed by atoms with van der Waals surface area (Å²) in [6, 6.07) is 9.76. The van der Waals surface area contributed by atoms with Crippen molar-refractivity contribution >= 4 is 5.97 Å². The molecule has 1 atom stereocenters. The van der Waals surface area contributed by atoms with E-state index in [1.54, 1.807) is 0 Å². The molecule has 1 aromatic rings. The van der Waals surface area contributed by atoms with E-state index in [9.17, 15) is 4.79 Å². The third-order valence-electron chi connectivity index (χ3n) is 4.55. The van der Waals surface area contributed by atoms with Gasteiger partial charge in [-0.1, -0.05) is 69.4 Å². The molecule has 130 valence electrons. The highest BCUT2D eigenvalue weighted by Crippen LogP contribution is 2.30. The third-order valence-corrected chi connectivity index (χ3v) is 4.55. The van der Waals surface area contributed by atoms with Crippen LogP contribution >= 0.6 is 0 Å². The number of aliphatic carboxylic acids is 1. The van der Waals surface area contributed by atoms with Crippen LogP contribution in [0.15, 0.2) is 30.3 Å². The molecular weight excluding hydrogens is 288 g/mol. The summed E-state index contributed by atoms with van der Waals surface area (Å²) in [6.07, 6.45) is 8.52. The van der Waals surface area contributed by atoms with Gasteiger partial charge in [0.1, 0.15) is 0 Å². The van der Waals surface area contributed by atoms with E-state index in [2.05, 4.69) is 6.92 Å². The number of unbranched alkanes of at least 4 members (excludes halogenated alkanes) is 4. The molecule has 0 amide bonds. The number of hydrogen-bond donors (Lipinski definition) is 3. The molecule has 0 bridgehead atoms. The SMILES string of the molecule is CCCCCCCC(CCCC(=O)O)C(N)(N)c1ccccc1. The largest absolute Gasteiger partial charge is 0.481 e. The predicted molar refractivity (Wildman–Crippen MR) is 94.8 cm³/mol. The van der Waals surface area contributed by atoms with E-state index in [0.29, 0.717) is 6.42 Å². The van der Waals surface area contributed by atoms with E-state index in [1.807, 2.05) is 30.3 Å². The molecule has 0 saturated carbocycles. The van der Waals surface area contributed by atoms with Crippen LogP contribution in [-0.4, -0.2) is 11.1 Å². The minimum Gasteiger partial charge on any atom is -0.481 e. The summed E-state index contributed by atoms with van der Waals surface area (Å²) in [5.41, 5.74) is 13.0. The summed E-state index contributed by atoms with van der Waals surface area (Å²) < 4.78 is 0. The van der Waals surface area contributed by atoms with Crippen molar-refractivity contribution in [3.8, 4) is 0 Å². The zero-order chi connectivity index (χ0) is 17.1. The normalized spacial score (nSPS) is 13.0. The van der Waals surface area contributed by atoms with E-state index in [4.69, 9.17) is 16.6 Å². The Morgan fingerprint density at radius 3 is 2.26 bits per heavy atom. The molecule has 4 heteroatoms. The summed E-state index contributed by atoms with van der Waals surface area (Å²) in [4.78, 5) is 10.8. The van der Waals surface area contributed by atoms with Crippen LogP contribution in [-0.2, 0) is 10.5 Å². The molecule has 0 aliphatic rings. The first-order valence-corrected chi connectivity index (χ1v) is 8.83. The Balaban J connectivity index is 2.66. The van der Waals surface area contributed by atoms with Crippen molar-refractivity contribution in [3.05, 3.63) is 35.9 Å². The molecule has 0 heterocycles. The van der Waals surface area contributed by atoms with Crippen LogP contribution < -0.4 is 11.5 Å².